The summed E-state index contributed by atoms with van der Waals surface area (Å²) >= 11 is 0. The van der Waals surface area contributed by atoms with Gasteiger partial charge < -0.3 is 15.3 Å². The van der Waals surface area contributed by atoms with Gasteiger partial charge in [-0.25, -0.2) is 0 Å². The molecule has 1 atom stereocenters. The number of amides is 1. The highest BCUT2D eigenvalue weighted by Crippen LogP contribution is 2.27. The summed E-state index contributed by atoms with van der Waals surface area (Å²) in [4.78, 5) is 16.6. The fraction of sp³-hybridized carbons (Fsp3) is 0.917. The van der Waals surface area contributed by atoms with Crippen LogP contribution < -0.4 is 5.32 Å². The average molecular weight is 278 g/mol. The third-order valence-electron chi connectivity index (χ3n) is 3.96. The first-order chi connectivity index (χ1) is 8.15. The predicted molar refractivity (Wildman–Crippen MR) is 72.9 cm³/mol. The highest BCUT2D eigenvalue weighted by Gasteiger charge is 2.39. The normalized spacial score (nSPS) is 29.1. The topological polar surface area (TPSA) is 55.8 Å². The van der Waals surface area contributed by atoms with Crippen LogP contribution in [0.15, 0.2) is 0 Å². The quantitative estimate of drug-likeness (QED) is 0.733. The lowest BCUT2D eigenvalue weighted by Crippen LogP contribution is -2.53. The summed E-state index contributed by atoms with van der Waals surface area (Å²) in [5.41, 5.74) is -0.195. The molecule has 2 rings (SSSR count). The first-order valence-electron chi connectivity index (χ1n) is 6.49. The molecule has 0 spiro atoms. The van der Waals surface area contributed by atoms with Crippen molar-refractivity contribution >= 4 is 18.3 Å². The summed E-state index contributed by atoms with van der Waals surface area (Å²) in [5, 5.41) is 12.1. The van der Waals surface area contributed by atoms with E-state index in [4.69, 9.17) is 5.11 Å². The van der Waals surface area contributed by atoms with Gasteiger partial charge in [-0.2, -0.15) is 0 Å². The van der Waals surface area contributed by atoms with Gasteiger partial charge in [-0.1, -0.05) is 0 Å². The second-order valence-corrected chi connectivity index (χ2v) is 5.34. The Hall–Kier alpha value is -0.360. The molecule has 0 aromatic carbocycles. The van der Waals surface area contributed by atoms with Crippen molar-refractivity contribution in [1.82, 2.24) is 15.1 Å². The molecule has 5 nitrogen and oxygen atoms in total. The van der Waals surface area contributed by atoms with Gasteiger partial charge in [0, 0.05) is 39.3 Å². The lowest BCUT2D eigenvalue weighted by molar-refractivity contribution is -0.142. The molecular weight excluding hydrogens is 254 g/mol. The van der Waals surface area contributed by atoms with Crippen molar-refractivity contribution in [2.24, 2.45) is 5.41 Å². The van der Waals surface area contributed by atoms with E-state index in [-0.39, 0.29) is 24.4 Å². The number of carbonyl (C=O) groups is 1. The van der Waals surface area contributed by atoms with Crippen molar-refractivity contribution < 1.29 is 9.90 Å². The number of nitrogens with one attached hydrogen (secondary N) is 1. The Labute approximate surface area is 115 Å². The number of halogens is 1. The molecule has 0 aliphatic carbocycles. The van der Waals surface area contributed by atoms with E-state index < -0.39 is 0 Å². The summed E-state index contributed by atoms with van der Waals surface area (Å²) in [6.07, 6.45) is 0.947. The van der Waals surface area contributed by atoms with Crippen LogP contribution in [0.5, 0.6) is 0 Å². The maximum Gasteiger partial charge on any atom is 0.229 e. The minimum Gasteiger partial charge on any atom is -0.395 e. The molecule has 106 valence electrons. The van der Waals surface area contributed by atoms with Crippen LogP contribution in [-0.4, -0.2) is 73.2 Å². The number of piperazine rings is 1. The summed E-state index contributed by atoms with van der Waals surface area (Å²) < 4.78 is 0. The molecule has 2 heterocycles. The number of rotatable bonds is 3. The predicted octanol–water partition coefficient (Wildman–Crippen LogP) is -0.456. The van der Waals surface area contributed by atoms with Crippen molar-refractivity contribution in [1.29, 1.82) is 0 Å². The number of β-amino-alcohol motifs (C(OH)–C–C–N with tert-alkyl or cyclic N) is 1. The molecule has 0 saturated carbocycles. The molecule has 2 aliphatic rings. The molecule has 0 aromatic rings. The molecule has 1 unspecified atom stereocenters. The fourth-order valence-corrected chi connectivity index (χ4v) is 2.70. The molecule has 2 fully saturated rings. The van der Waals surface area contributed by atoms with E-state index in [0.717, 1.165) is 52.2 Å². The Morgan fingerprint density at radius 3 is 2.50 bits per heavy atom. The Bertz CT molecular complexity index is 274. The van der Waals surface area contributed by atoms with Crippen molar-refractivity contribution in [3.05, 3.63) is 0 Å². The first-order valence-corrected chi connectivity index (χ1v) is 6.49. The third-order valence-corrected chi connectivity index (χ3v) is 3.96. The van der Waals surface area contributed by atoms with Gasteiger partial charge in [0.1, 0.15) is 0 Å². The van der Waals surface area contributed by atoms with E-state index in [1.807, 2.05) is 4.90 Å². The van der Waals surface area contributed by atoms with Crippen LogP contribution in [-0.2, 0) is 4.79 Å². The Morgan fingerprint density at radius 1 is 1.33 bits per heavy atom. The number of nitrogens with zero attached hydrogens (tertiary/aromatic N) is 2. The van der Waals surface area contributed by atoms with Crippen molar-refractivity contribution in [3.63, 3.8) is 0 Å². The summed E-state index contributed by atoms with van der Waals surface area (Å²) in [5.74, 6) is 0.297. The van der Waals surface area contributed by atoms with Gasteiger partial charge in [-0.15, -0.1) is 12.4 Å². The SMILES string of the molecule is CC1(C(=O)N2CCN(CCO)CC2)CCNC1.Cl. The summed E-state index contributed by atoms with van der Waals surface area (Å²) in [6, 6.07) is 0. The van der Waals surface area contributed by atoms with E-state index in [1.54, 1.807) is 0 Å². The number of hydrogen-bond acceptors (Lipinski definition) is 4. The van der Waals surface area contributed by atoms with Gasteiger partial charge in [0.05, 0.1) is 12.0 Å². The van der Waals surface area contributed by atoms with Crippen LogP contribution in [0, 0.1) is 5.41 Å². The zero-order chi connectivity index (χ0) is 12.3. The van der Waals surface area contributed by atoms with Gasteiger partial charge in [-0.05, 0) is 19.9 Å². The lowest BCUT2D eigenvalue weighted by atomic mass is 9.88. The van der Waals surface area contributed by atoms with Crippen molar-refractivity contribution in [3.8, 4) is 0 Å². The second-order valence-electron chi connectivity index (χ2n) is 5.34. The largest absolute Gasteiger partial charge is 0.395 e. The molecule has 1 amide bonds. The first kappa shape index (κ1) is 15.7. The summed E-state index contributed by atoms with van der Waals surface area (Å²) in [6.45, 7) is 8.12. The molecule has 2 N–H and O–H groups in total. The van der Waals surface area contributed by atoms with Crippen molar-refractivity contribution in [2.75, 3.05) is 52.4 Å². The van der Waals surface area contributed by atoms with E-state index in [0.29, 0.717) is 5.91 Å². The number of aliphatic hydroxyl groups is 1. The maximum atomic E-state index is 12.4. The van der Waals surface area contributed by atoms with E-state index in [1.165, 1.54) is 0 Å². The van der Waals surface area contributed by atoms with E-state index >= 15 is 0 Å². The van der Waals surface area contributed by atoms with Crippen LogP contribution in [0.2, 0.25) is 0 Å². The van der Waals surface area contributed by atoms with Crippen LogP contribution in [0.1, 0.15) is 13.3 Å². The second kappa shape index (κ2) is 6.70. The van der Waals surface area contributed by atoms with Crippen molar-refractivity contribution in [2.45, 2.75) is 13.3 Å². The highest BCUT2D eigenvalue weighted by atomic mass is 35.5. The van der Waals surface area contributed by atoms with Gasteiger partial charge in [0.25, 0.3) is 0 Å². The van der Waals surface area contributed by atoms with Gasteiger partial charge in [-0.3, -0.25) is 9.69 Å². The zero-order valence-electron chi connectivity index (χ0n) is 11.0. The lowest BCUT2D eigenvalue weighted by Gasteiger charge is -2.38. The molecule has 0 radical (unpaired) electrons. The van der Waals surface area contributed by atoms with Crippen LogP contribution >= 0.6 is 12.4 Å². The standard InChI is InChI=1S/C12H23N3O2.ClH/c1-12(2-3-13-10-12)11(17)15-6-4-14(5-7-15)8-9-16;/h13,16H,2-10H2,1H3;1H. The van der Waals surface area contributed by atoms with Gasteiger partial charge in [0.2, 0.25) is 5.91 Å². The minimum atomic E-state index is -0.195. The summed E-state index contributed by atoms with van der Waals surface area (Å²) in [7, 11) is 0. The Morgan fingerprint density at radius 2 is 2.00 bits per heavy atom. The molecule has 0 aromatic heterocycles. The Kier molecular flexibility index (Phi) is 5.85. The van der Waals surface area contributed by atoms with Crippen LogP contribution in [0.25, 0.3) is 0 Å². The zero-order valence-corrected chi connectivity index (χ0v) is 11.8. The maximum absolute atomic E-state index is 12.4. The van der Waals surface area contributed by atoms with E-state index in [9.17, 15) is 4.79 Å². The van der Waals surface area contributed by atoms with E-state index in [2.05, 4.69) is 17.1 Å². The van der Waals surface area contributed by atoms with Crippen LogP contribution in [0.3, 0.4) is 0 Å². The molecule has 6 heteroatoms. The third kappa shape index (κ3) is 3.35. The average Bonchev–Trinajstić information content (AvgIpc) is 2.78. The molecule has 18 heavy (non-hydrogen) atoms. The van der Waals surface area contributed by atoms with Gasteiger partial charge in [0.15, 0.2) is 0 Å². The number of aliphatic hydroxyl groups excluding tert-OH is 1. The smallest absolute Gasteiger partial charge is 0.229 e. The molecular formula is C12H24ClN3O2. The number of carbonyl (C=O) groups excluding carboxylic acids is 1. The van der Waals surface area contributed by atoms with Crippen LogP contribution in [0.4, 0.5) is 0 Å². The fourth-order valence-electron chi connectivity index (χ4n) is 2.70. The monoisotopic (exact) mass is 277 g/mol. The molecule has 2 aliphatic heterocycles. The number of hydrogen-bond donors (Lipinski definition) is 2. The Balaban J connectivity index is 0.00000162. The minimum absolute atomic E-state index is 0. The molecule has 0 bridgehead atoms. The molecule has 2 saturated heterocycles. The van der Waals surface area contributed by atoms with Gasteiger partial charge >= 0.3 is 0 Å². The highest BCUT2D eigenvalue weighted by molar-refractivity contribution is 5.85.